The minimum absolute atomic E-state index is 0.0744. The summed E-state index contributed by atoms with van der Waals surface area (Å²) in [5, 5.41) is 0. The number of fused-ring (bicyclic) bond motifs is 1. The molecule has 0 bridgehead atoms. The van der Waals surface area contributed by atoms with Gasteiger partial charge in [0.05, 0.1) is 0 Å². The molecule has 1 aromatic rings. The summed E-state index contributed by atoms with van der Waals surface area (Å²) in [7, 11) is 0. The standard InChI is InChI=1S/C10H10F2/c1-7-3-2-4-8-5-10(11,12)6-9(7)8/h2-4H,5-6H2,1H3. The molecule has 1 aliphatic rings. The second-order valence-corrected chi connectivity index (χ2v) is 3.42. The normalized spacial score (nSPS) is 19.2. The molecule has 0 amide bonds. The van der Waals surface area contributed by atoms with Crippen molar-refractivity contribution in [2.75, 3.05) is 0 Å². The highest BCUT2D eigenvalue weighted by Crippen LogP contribution is 2.35. The van der Waals surface area contributed by atoms with E-state index in [1.165, 1.54) is 0 Å². The van der Waals surface area contributed by atoms with Crippen LogP contribution in [0.15, 0.2) is 18.2 Å². The zero-order chi connectivity index (χ0) is 8.77. The summed E-state index contributed by atoms with van der Waals surface area (Å²) in [5.74, 6) is -2.51. The lowest BCUT2D eigenvalue weighted by Gasteiger charge is -2.04. The molecule has 0 unspecified atom stereocenters. The van der Waals surface area contributed by atoms with Gasteiger partial charge in [0.25, 0.3) is 5.92 Å². The Hall–Kier alpha value is -0.920. The predicted octanol–water partition coefficient (Wildman–Crippen LogP) is 2.73. The SMILES string of the molecule is Cc1cccc2c1CC(F)(F)C2. The van der Waals surface area contributed by atoms with E-state index in [0.717, 1.165) is 16.7 Å². The molecule has 0 aliphatic heterocycles. The van der Waals surface area contributed by atoms with Gasteiger partial charge in [-0.1, -0.05) is 18.2 Å². The van der Waals surface area contributed by atoms with Crippen molar-refractivity contribution in [1.29, 1.82) is 0 Å². The molecule has 0 radical (unpaired) electrons. The van der Waals surface area contributed by atoms with Crippen LogP contribution in [0.1, 0.15) is 16.7 Å². The fraction of sp³-hybridized carbons (Fsp3) is 0.400. The fourth-order valence-electron chi connectivity index (χ4n) is 1.78. The summed E-state index contributed by atoms with van der Waals surface area (Å²) in [6, 6.07) is 5.53. The molecule has 2 rings (SSSR count). The lowest BCUT2D eigenvalue weighted by atomic mass is 10.1. The van der Waals surface area contributed by atoms with E-state index in [1.54, 1.807) is 6.07 Å². The molecular weight excluding hydrogens is 158 g/mol. The Labute approximate surface area is 70.2 Å². The molecule has 0 N–H and O–H groups in total. The van der Waals surface area contributed by atoms with Crippen molar-refractivity contribution >= 4 is 0 Å². The molecule has 12 heavy (non-hydrogen) atoms. The highest BCUT2D eigenvalue weighted by Gasteiger charge is 2.37. The maximum atomic E-state index is 12.9. The van der Waals surface area contributed by atoms with Gasteiger partial charge in [-0.2, -0.15) is 0 Å². The van der Waals surface area contributed by atoms with Crippen molar-refractivity contribution < 1.29 is 8.78 Å². The van der Waals surface area contributed by atoms with Crippen LogP contribution in [0.5, 0.6) is 0 Å². The average molecular weight is 168 g/mol. The van der Waals surface area contributed by atoms with Gasteiger partial charge in [-0.3, -0.25) is 0 Å². The van der Waals surface area contributed by atoms with Gasteiger partial charge < -0.3 is 0 Å². The van der Waals surface area contributed by atoms with Crippen molar-refractivity contribution in [1.82, 2.24) is 0 Å². The van der Waals surface area contributed by atoms with Gasteiger partial charge in [-0.25, -0.2) is 8.78 Å². The second kappa shape index (κ2) is 2.28. The molecule has 1 aliphatic carbocycles. The van der Waals surface area contributed by atoms with E-state index < -0.39 is 5.92 Å². The average Bonchev–Trinajstić information content (AvgIpc) is 2.25. The third-order valence-electron chi connectivity index (χ3n) is 2.39. The lowest BCUT2D eigenvalue weighted by molar-refractivity contribution is 0.0129. The van der Waals surface area contributed by atoms with Crippen molar-refractivity contribution in [3.05, 3.63) is 34.9 Å². The molecule has 0 fully saturated rings. The number of alkyl halides is 2. The molecule has 0 nitrogen and oxygen atoms in total. The first-order chi connectivity index (χ1) is 5.58. The molecule has 0 heterocycles. The maximum absolute atomic E-state index is 12.9. The van der Waals surface area contributed by atoms with Crippen LogP contribution in [0.25, 0.3) is 0 Å². The molecule has 1 aromatic carbocycles. The Balaban J connectivity index is 2.48. The molecule has 0 atom stereocenters. The zero-order valence-corrected chi connectivity index (χ0v) is 6.90. The topological polar surface area (TPSA) is 0 Å². The van der Waals surface area contributed by atoms with E-state index in [1.807, 2.05) is 19.1 Å². The number of rotatable bonds is 0. The highest BCUT2D eigenvalue weighted by molar-refractivity contribution is 5.39. The first-order valence-electron chi connectivity index (χ1n) is 4.04. The Kier molecular flexibility index (Phi) is 1.47. The molecule has 64 valence electrons. The Morgan fingerprint density at radius 3 is 2.67 bits per heavy atom. The number of aryl methyl sites for hydroxylation is 1. The van der Waals surface area contributed by atoms with Crippen LogP contribution in [-0.4, -0.2) is 5.92 Å². The third-order valence-corrected chi connectivity index (χ3v) is 2.39. The van der Waals surface area contributed by atoms with Gasteiger partial charge in [0.1, 0.15) is 0 Å². The molecule has 0 aromatic heterocycles. The summed E-state index contributed by atoms with van der Waals surface area (Å²) < 4.78 is 25.8. The quantitative estimate of drug-likeness (QED) is 0.558. The monoisotopic (exact) mass is 168 g/mol. The van der Waals surface area contributed by atoms with E-state index >= 15 is 0 Å². The first-order valence-corrected chi connectivity index (χ1v) is 4.04. The molecule has 0 spiro atoms. The third kappa shape index (κ3) is 1.11. The minimum atomic E-state index is -2.51. The first kappa shape index (κ1) is 7.71. The van der Waals surface area contributed by atoms with Gasteiger partial charge in [0, 0.05) is 12.8 Å². The minimum Gasteiger partial charge on any atom is -0.206 e. The Bertz CT molecular complexity index is 316. The van der Waals surface area contributed by atoms with Crippen LogP contribution >= 0.6 is 0 Å². The number of hydrogen-bond donors (Lipinski definition) is 0. The summed E-state index contributed by atoms with van der Waals surface area (Å²) in [6.45, 7) is 1.89. The lowest BCUT2D eigenvalue weighted by Crippen LogP contribution is -2.14. The Morgan fingerprint density at radius 1 is 1.25 bits per heavy atom. The van der Waals surface area contributed by atoms with Crippen molar-refractivity contribution in [3.8, 4) is 0 Å². The van der Waals surface area contributed by atoms with E-state index in [2.05, 4.69) is 0 Å². The van der Waals surface area contributed by atoms with Gasteiger partial charge in [-0.15, -0.1) is 0 Å². The van der Waals surface area contributed by atoms with E-state index in [-0.39, 0.29) is 12.8 Å². The highest BCUT2D eigenvalue weighted by atomic mass is 19.3. The van der Waals surface area contributed by atoms with Crippen LogP contribution in [0, 0.1) is 6.92 Å². The van der Waals surface area contributed by atoms with Crippen molar-refractivity contribution in [3.63, 3.8) is 0 Å². The summed E-state index contributed by atoms with van der Waals surface area (Å²) in [5.41, 5.74) is 2.66. The second-order valence-electron chi connectivity index (χ2n) is 3.42. The summed E-state index contributed by atoms with van der Waals surface area (Å²) >= 11 is 0. The molecule has 0 saturated carbocycles. The van der Waals surface area contributed by atoms with E-state index in [0.29, 0.717) is 0 Å². The summed E-state index contributed by atoms with van der Waals surface area (Å²) in [6.07, 6.45) is -0.154. The molecule has 2 heteroatoms. The Morgan fingerprint density at radius 2 is 2.00 bits per heavy atom. The molecule has 0 saturated heterocycles. The van der Waals surface area contributed by atoms with Gasteiger partial charge in [0.15, 0.2) is 0 Å². The van der Waals surface area contributed by atoms with Crippen molar-refractivity contribution in [2.45, 2.75) is 25.7 Å². The number of benzene rings is 1. The van der Waals surface area contributed by atoms with E-state index in [9.17, 15) is 8.78 Å². The predicted molar refractivity (Wildman–Crippen MR) is 43.5 cm³/mol. The van der Waals surface area contributed by atoms with Crippen LogP contribution in [0.3, 0.4) is 0 Å². The fourth-order valence-corrected chi connectivity index (χ4v) is 1.78. The number of halogens is 2. The van der Waals surface area contributed by atoms with Gasteiger partial charge >= 0.3 is 0 Å². The van der Waals surface area contributed by atoms with Gasteiger partial charge in [-0.05, 0) is 23.6 Å². The van der Waals surface area contributed by atoms with Crippen LogP contribution in [-0.2, 0) is 12.8 Å². The summed E-state index contributed by atoms with van der Waals surface area (Å²) in [4.78, 5) is 0. The maximum Gasteiger partial charge on any atom is 0.256 e. The largest absolute Gasteiger partial charge is 0.256 e. The van der Waals surface area contributed by atoms with Crippen LogP contribution < -0.4 is 0 Å². The van der Waals surface area contributed by atoms with Crippen LogP contribution in [0.4, 0.5) is 8.78 Å². The van der Waals surface area contributed by atoms with Crippen molar-refractivity contribution in [2.24, 2.45) is 0 Å². The van der Waals surface area contributed by atoms with Gasteiger partial charge in [0.2, 0.25) is 0 Å². The number of hydrogen-bond acceptors (Lipinski definition) is 0. The molecular formula is C10H10F2. The zero-order valence-electron chi connectivity index (χ0n) is 6.90. The van der Waals surface area contributed by atoms with Crippen LogP contribution in [0.2, 0.25) is 0 Å². The smallest absolute Gasteiger partial charge is 0.206 e. The van der Waals surface area contributed by atoms with E-state index in [4.69, 9.17) is 0 Å².